The number of rotatable bonds is 8. The molecule has 7 nitrogen and oxygen atoms in total. The van der Waals surface area contributed by atoms with Gasteiger partial charge in [0.2, 0.25) is 0 Å². The molecule has 172 valence electrons. The maximum absolute atomic E-state index is 12.8. The summed E-state index contributed by atoms with van der Waals surface area (Å²) < 4.78 is 33.6. The molecule has 1 N–H and O–H groups in total. The number of hydrogen-bond acceptors (Lipinski definition) is 5. The van der Waals surface area contributed by atoms with Gasteiger partial charge in [-0.05, 0) is 67.8 Å². The normalized spacial score (nSPS) is 17.4. The largest absolute Gasteiger partial charge is 0.464 e. The van der Waals surface area contributed by atoms with E-state index in [-0.39, 0.29) is 16.6 Å². The van der Waals surface area contributed by atoms with Crippen molar-refractivity contribution < 1.29 is 22.4 Å². The van der Waals surface area contributed by atoms with Crippen molar-refractivity contribution in [1.29, 1.82) is 0 Å². The summed E-state index contributed by atoms with van der Waals surface area (Å²) in [7, 11) is -2.12. The number of Topliss-reactive ketones (excluding diaryl/α,β-unsaturated/α-hetero) is 1. The molecule has 3 aromatic rings. The van der Waals surface area contributed by atoms with Gasteiger partial charge >= 0.3 is 0 Å². The van der Waals surface area contributed by atoms with E-state index < -0.39 is 10.0 Å². The van der Waals surface area contributed by atoms with E-state index in [4.69, 9.17) is 4.42 Å². The van der Waals surface area contributed by atoms with Gasteiger partial charge in [-0.25, -0.2) is 8.42 Å². The molecule has 33 heavy (non-hydrogen) atoms. The van der Waals surface area contributed by atoms with Crippen LogP contribution in [0.1, 0.15) is 58.4 Å². The number of anilines is 1. The van der Waals surface area contributed by atoms with Gasteiger partial charge in [-0.3, -0.25) is 14.3 Å². The average Bonchev–Trinajstić information content (AvgIpc) is 3.34. The Labute approximate surface area is 193 Å². The van der Waals surface area contributed by atoms with Crippen LogP contribution in [0.4, 0.5) is 5.69 Å². The zero-order valence-electron chi connectivity index (χ0n) is 18.7. The monoisotopic (exact) mass is 466 g/mol. The molecule has 0 aliphatic heterocycles. The third-order valence-electron chi connectivity index (χ3n) is 5.85. The fourth-order valence-corrected chi connectivity index (χ4v) is 4.75. The SMILES string of the molecule is CC(=O)c1ccc(S(=O)(=O)Nc2ccc(C(=O)N(C)Cc3ccc(C4CC4C)o3)cc2)cc1. The second-order valence-corrected chi connectivity index (χ2v) is 10.2. The Morgan fingerprint density at radius 3 is 2.18 bits per heavy atom. The fourth-order valence-electron chi connectivity index (χ4n) is 3.69. The predicted octanol–water partition coefficient (Wildman–Crippen LogP) is 4.68. The molecular weight excluding hydrogens is 440 g/mol. The molecule has 2 unspecified atom stereocenters. The second-order valence-electron chi connectivity index (χ2n) is 8.55. The van der Waals surface area contributed by atoms with Crippen molar-refractivity contribution in [3.63, 3.8) is 0 Å². The van der Waals surface area contributed by atoms with Gasteiger partial charge in [0, 0.05) is 29.8 Å². The molecule has 0 saturated heterocycles. The first kappa shape index (κ1) is 22.8. The van der Waals surface area contributed by atoms with Crippen molar-refractivity contribution in [1.82, 2.24) is 4.90 Å². The smallest absolute Gasteiger partial charge is 0.261 e. The van der Waals surface area contributed by atoms with Gasteiger partial charge < -0.3 is 9.32 Å². The fraction of sp³-hybridized carbons (Fsp3) is 0.280. The number of nitrogens with zero attached hydrogens (tertiary/aromatic N) is 1. The lowest BCUT2D eigenvalue weighted by molar-refractivity contribution is 0.0774. The predicted molar refractivity (Wildman–Crippen MR) is 125 cm³/mol. The van der Waals surface area contributed by atoms with E-state index in [1.54, 1.807) is 36.2 Å². The van der Waals surface area contributed by atoms with E-state index in [2.05, 4.69) is 11.6 Å². The zero-order chi connectivity index (χ0) is 23.8. The molecular formula is C25H26N2O5S. The van der Waals surface area contributed by atoms with Crippen LogP contribution in [-0.2, 0) is 16.6 Å². The molecule has 1 saturated carbocycles. The molecule has 0 bridgehead atoms. The lowest BCUT2D eigenvalue weighted by Gasteiger charge is -2.16. The number of carbonyl (C=O) groups is 2. The number of sulfonamides is 1. The van der Waals surface area contributed by atoms with Gasteiger partial charge in [0.15, 0.2) is 5.78 Å². The maximum atomic E-state index is 12.8. The molecule has 1 aliphatic rings. The summed E-state index contributed by atoms with van der Waals surface area (Å²) in [5, 5.41) is 0. The lowest BCUT2D eigenvalue weighted by Crippen LogP contribution is -2.26. The van der Waals surface area contributed by atoms with Crippen molar-refractivity contribution in [2.24, 2.45) is 5.92 Å². The highest BCUT2D eigenvalue weighted by atomic mass is 32.2. The van der Waals surface area contributed by atoms with Crippen molar-refractivity contribution in [2.45, 2.75) is 37.6 Å². The van der Waals surface area contributed by atoms with Crippen LogP contribution in [0.15, 0.2) is 70.0 Å². The molecule has 2 atom stereocenters. The second kappa shape index (κ2) is 8.86. The van der Waals surface area contributed by atoms with E-state index in [0.29, 0.717) is 35.2 Å². The summed E-state index contributed by atoms with van der Waals surface area (Å²) >= 11 is 0. The van der Waals surface area contributed by atoms with Crippen molar-refractivity contribution in [3.05, 3.63) is 83.3 Å². The molecule has 1 aromatic heterocycles. The minimum atomic E-state index is -3.82. The van der Waals surface area contributed by atoms with Crippen LogP contribution in [0, 0.1) is 5.92 Å². The van der Waals surface area contributed by atoms with Crippen molar-refractivity contribution >= 4 is 27.4 Å². The minimum Gasteiger partial charge on any atom is -0.464 e. The van der Waals surface area contributed by atoms with Crippen LogP contribution in [0.5, 0.6) is 0 Å². The molecule has 0 radical (unpaired) electrons. The maximum Gasteiger partial charge on any atom is 0.261 e. The highest BCUT2D eigenvalue weighted by Crippen LogP contribution is 2.47. The van der Waals surface area contributed by atoms with Crippen LogP contribution in [0.25, 0.3) is 0 Å². The van der Waals surface area contributed by atoms with E-state index >= 15 is 0 Å². The van der Waals surface area contributed by atoms with Crippen LogP contribution < -0.4 is 4.72 Å². The number of furan rings is 1. The summed E-state index contributed by atoms with van der Waals surface area (Å²) in [4.78, 5) is 25.8. The Bertz CT molecular complexity index is 1280. The number of amides is 1. The third-order valence-corrected chi connectivity index (χ3v) is 7.25. The highest BCUT2D eigenvalue weighted by molar-refractivity contribution is 7.92. The van der Waals surface area contributed by atoms with Crippen LogP contribution >= 0.6 is 0 Å². The van der Waals surface area contributed by atoms with Crippen LogP contribution in [0.2, 0.25) is 0 Å². The quantitative estimate of drug-likeness (QED) is 0.486. The number of nitrogens with one attached hydrogen (secondary N) is 1. The first-order valence-electron chi connectivity index (χ1n) is 10.7. The Kier molecular flexibility index (Phi) is 6.12. The lowest BCUT2D eigenvalue weighted by atomic mass is 10.2. The van der Waals surface area contributed by atoms with Crippen molar-refractivity contribution in [3.8, 4) is 0 Å². The van der Waals surface area contributed by atoms with Gasteiger partial charge in [0.25, 0.3) is 15.9 Å². The molecule has 1 amide bonds. The van der Waals surface area contributed by atoms with E-state index in [1.807, 2.05) is 12.1 Å². The molecule has 0 spiro atoms. The molecule has 1 aliphatic carbocycles. The Hall–Kier alpha value is -3.39. The molecule has 2 aromatic carbocycles. The number of ketones is 1. The molecule has 8 heteroatoms. The number of carbonyl (C=O) groups excluding carboxylic acids is 2. The highest BCUT2D eigenvalue weighted by Gasteiger charge is 2.36. The Morgan fingerprint density at radius 1 is 1.00 bits per heavy atom. The summed E-state index contributed by atoms with van der Waals surface area (Å²) in [6.07, 6.45) is 1.14. The van der Waals surface area contributed by atoms with Crippen LogP contribution in [0.3, 0.4) is 0 Å². The Morgan fingerprint density at radius 2 is 1.61 bits per heavy atom. The number of hydrogen-bond donors (Lipinski definition) is 1. The number of benzene rings is 2. The molecule has 1 fully saturated rings. The minimum absolute atomic E-state index is 0.0470. The van der Waals surface area contributed by atoms with Crippen LogP contribution in [-0.4, -0.2) is 32.1 Å². The van der Waals surface area contributed by atoms with Gasteiger partial charge in [-0.1, -0.05) is 19.1 Å². The standard InChI is InChI=1S/C25H26N2O5S/c1-16-14-23(16)24-13-10-21(32-24)15-27(3)25(29)19-4-8-20(9-5-19)26-33(30,31)22-11-6-18(7-12-22)17(2)28/h4-13,16,23,26H,14-15H2,1-3H3. The van der Waals surface area contributed by atoms with Gasteiger partial charge in [0.1, 0.15) is 11.5 Å². The van der Waals surface area contributed by atoms with Gasteiger partial charge in [-0.15, -0.1) is 0 Å². The summed E-state index contributed by atoms with van der Waals surface area (Å²) in [6.45, 7) is 3.96. The topological polar surface area (TPSA) is 96.7 Å². The van der Waals surface area contributed by atoms with E-state index in [1.165, 1.54) is 31.2 Å². The van der Waals surface area contributed by atoms with E-state index in [0.717, 1.165) is 17.9 Å². The van der Waals surface area contributed by atoms with Crippen molar-refractivity contribution in [2.75, 3.05) is 11.8 Å². The first-order valence-corrected chi connectivity index (χ1v) is 12.2. The molecule has 1 heterocycles. The summed E-state index contributed by atoms with van der Waals surface area (Å²) in [6, 6.07) is 15.9. The average molecular weight is 467 g/mol. The molecule has 4 rings (SSSR count). The van der Waals surface area contributed by atoms with Gasteiger partial charge in [-0.2, -0.15) is 0 Å². The van der Waals surface area contributed by atoms with Gasteiger partial charge in [0.05, 0.1) is 11.4 Å². The Balaban J connectivity index is 1.39. The van der Waals surface area contributed by atoms with E-state index in [9.17, 15) is 18.0 Å². The third kappa shape index (κ3) is 5.17. The summed E-state index contributed by atoms with van der Waals surface area (Å²) in [5.41, 5.74) is 1.21. The first-order chi connectivity index (χ1) is 15.6. The summed E-state index contributed by atoms with van der Waals surface area (Å²) in [5.74, 6) is 2.53. The zero-order valence-corrected chi connectivity index (χ0v) is 19.6.